The summed E-state index contributed by atoms with van der Waals surface area (Å²) in [6.45, 7) is 0. The van der Waals surface area contributed by atoms with Gasteiger partial charge in [-0.3, -0.25) is 0 Å². The van der Waals surface area contributed by atoms with E-state index >= 15 is 0 Å². The van der Waals surface area contributed by atoms with E-state index in [1.54, 1.807) is 12.1 Å². The molecule has 250 valence electrons. The van der Waals surface area contributed by atoms with E-state index in [9.17, 15) is 4.39 Å². The van der Waals surface area contributed by atoms with Crippen molar-refractivity contribution in [1.29, 1.82) is 0 Å². The smallest absolute Gasteiger partial charge is 0.125 e. The van der Waals surface area contributed by atoms with Crippen molar-refractivity contribution in [3.63, 3.8) is 0 Å². The Morgan fingerprint density at radius 1 is 0.396 bits per heavy atom. The van der Waals surface area contributed by atoms with Crippen LogP contribution in [0.5, 0.6) is 0 Å². The summed E-state index contributed by atoms with van der Waals surface area (Å²) < 4.78 is 21.7. The first-order valence-electron chi connectivity index (χ1n) is 17.8. The Morgan fingerprint density at radius 2 is 0.981 bits per heavy atom. The summed E-state index contributed by atoms with van der Waals surface area (Å²) in [6.07, 6.45) is 0. The molecule has 0 saturated heterocycles. The van der Waals surface area contributed by atoms with Gasteiger partial charge in [0.1, 0.15) is 5.82 Å². The second-order valence-corrected chi connectivity index (χ2v) is 14.6. The Kier molecular flexibility index (Phi) is 6.60. The lowest BCUT2D eigenvalue weighted by Gasteiger charge is -2.27. The van der Waals surface area contributed by atoms with Crippen LogP contribution in [0.4, 0.5) is 21.5 Å². The number of fused-ring (bicyclic) bond motifs is 9. The second-order valence-electron chi connectivity index (χ2n) is 13.5. The zero-order valence-electron chi connectivity index (χ0n) is 28.4. The minimum atomic E-state index is -0.255. The third-order valence-electron chi connectivity index (χ3n) is 10.5. The Morgan fingerprint density at radius 3 is 1.79 bits per heavy atom. The molecule has 11 aromatic rings. The van der Waals surface area contributed by atoms with E-state index in [1.807, 2.05) is 23.5 Å². The molecule has 3 nitrogen and oxygen atoms in total. The van der Waals surface area contributed by atoms with Crippen LogP contribution in [0.2, 0.25) is 0 Å². The molecular formula is C48H30FN3S. The molecular weight excluding hydrogens is 670 g/mol. The summed E-state index contributed by atoms with van der Waals surface area (Å²) in [5, 5.41) is 7.13. The normalized spacial score (nSPS) is 11.9. The minimum Gasteiger partial charge on any atom is -0.309 e. The standard InChI is InChI=1S/C48H30FN3S/c49-31-12-10-15-33(28-31)51-42-20-7-5-17-37(42)40-29-34(24-26-44(40)51)50(35-25-27-47-41(30-35)38-18-6-9-23-46(38)53-47)45-22-11-19-39-36-16-4-8-21-43(36)52(48(39)45)32-13-2-1-3-14-32/h1-30H. The molecule has 0 radical (unpaired) electrons. The van der Waals surface area contributed by atoms with Crippen molar-refractivity contribution < 1.29 is 4.39 Å². The summed E-state index contributed by atoms with van der Waals surface area (Å²) >= 11 is 1.83. The number of para-hydroxylation sites is 4. The van der Waals surface area contributed by atoms with Crippen LogP contribution in [0.1, 0.15) is 0 Å². The summed E-state index contributed by atoms with van der Waals surface area (Å²) in [6, 6.07) is 63.5. The first-order valence-corrected chi connectivity index (χ1v) is 18.6. The number of benzene rings is 8. The van der Waals surface area contributed by atoms with Gasteiger partial charge in [0.25, 0.3) is 0 Å². The third kappa shape index (κ3) is 4.57. The van der Waals surface area contributed by atoms with Gasteiger partial charge < -0.3 is 14.0 Å². The van der Waals surface area contributed by atoms with Crippen LogP contribution in [0, 0.1) is 5.82 Å². The molecule has 0 saturated carbocycles. The van der Waals surface area contributed by atoms with E-state index in [-0.39, 0.29) is 5.82 Å². The van der Waals surface area contributed by atoms with Gasteiger partial charge in [0.2, 0.25) is 0 Å². The highest BCUT2D eigenvalue weighted by molar-refractivity contribution is 7.25. The summed E-state index contributed by atoms with van der Waals surface area (Å²) in [5.74, 6) is -0.255. The fraction of sp³-hybridized carbons (Fsp3) is 0. The Balaban J connectivity index is 1.24. The molecule has 3 aromatic heterocycles. The average molecular weight is 700 g/mol. The van der Waals surface area contributed by atoms with Crippen LogP contribution in [-0.4, -0.2) is 9.13 Å². The number of anilines is 3. The fourth-order valence-corrected chi connectivity index (χ4v) is 9.39. The van der Waals surface area contributed by atoms with Gasteiger partial charge in [0, 0.05) is 64.5 Å². The summed E-state index contributed by atoms with van der Waals surface area (Å²) in [4.78, 5) is 2.42. The molecule has 0 aliphatic carbocycles. The molecule has 0 unspecified atom stereocenters. The van der Waals surface area contributed by atoms with Crippen molar-refractivity contribution in [2.45, 2.75) is 0 Å². The zero-order valence-corrected chi connectivity index (χ0v) is 29.3. The summed E-state index contributed by atoms with van der Waals surface area (Å²) in [5.41, 5.74) is 9.46. The maximum Gasteiger partial charge on any atom is 0.125 e. The highest BCUT2D eigenvalue weighted by atomic mass is 32.1. The fourth-order valence-electron chi connectivity index (χ4n) is 8.30. The maximum atomic E-state index is 14.6. The molecule has 0 fully saturated rings. The SMILES string of the molecule is Fc1cccc(-n2c3ccccc3c3cc(N(c4ccc5sc6ccccc6c5c4)c4cccc5c6ccccc6n(-c6ccccc6)c45)ccc32)c1. The minimum absolute atomic E-state index is 0.255. The lowest BCUT2D eigenvalue weighted by atomic mass is 10.1. The van der Waals surface area contributed by atoms with Crippen molar-refractivity contribution in [2.75, 3.05) is 4.90 Å². The molecule has 0 aliphatic rings. The van der Waals surface area contributed by atoms with Crippen LogP contribution in [0.3, 0.4) is 0 Å². The molecule has 0 aliphatic heterocycles. The Hall–Kier alpha value is -6.69. The highest BCUT2D eigenvalue weighted by Crippen LogP contribution is 2.46. The van der Waals surface area contributed by atoms with Gasteiger partial charge in [-0.1, -0.05) is 91.0 Å². The molecule has 0 bridgehead atoms. The van der Waals surface area contributed by atoms with Gasteiger partial charge in [0.15, 0.2) is 0 Å². The van der Waals surface area contributed by atoms with Gasteiger partial charge >= 0.3 is 0 Å². The van der Waals surface area contributed by atoms with Crippen molar-refractivity contribution in [2.24, 2.45) is 0 Å². The topological polar surface area (TPSA) is 13.1 Å². The van der Waals surface area contributed by atoms with Crippen molar-refractivity contribution in [3.05, 3.63) is 188 Å². The number of rotatable bonds is 5. The molecule has 5 heteroatoms. The lowest BCUT2D eigenvalue weighted by Crippen LogP contribution is -2.11. The second kappa shape index (κ2) is 11.7. The first kappa shape index (κ1) is 30.0. The van der Waals surface area contributed by atoms with E-state index in [4.69, 9.17) is 0 Å². The predicted octanol–water partition coefficient (Wildman–Crippen LogP) is 13.9. The van der Waals surface area contributed by atoms with Crippen LogP contribution >= 0.6 is 11.3 Å². The molecule has 11 rings (SSSR count). The highest BCUT2D eigenvalue weighted by Gasteiger charge is 2.23. The molecule has 0 N–H and O–H groups in total. The van der Waals surface area contributed by atoms with Gasteiger partial charge in [-0.05, 0) is 91.0 Å². The van der Waals surface area contributed by atoms with E-state index in [0.717, 1.165) is 61.3 Å². The third-order valence-corrected chi connectivity index (χ3v) is 11.7. The molecule has 53 heavy (non-hydrogen) atoms. The maximum absolute atomic E-state index is 14.6. The zero-order chi connectivity index (χ0) is 35.0. The number of hydrogen-bond acceptors (Lipinski definition) is 2. The van der Waals surface area contributed by atoms with Gasteiger partial charge in [0.05, 0.1) is 27.8 Å². The molecule has 0 amide bonds. The van der Waals surface area contributed by atoms with Crippen molar-refractivity contribution >= 4 is 92.2 Å². The average Bonchev–Trinajstić information content (AvgIpc) is 3.86. The number of hydrogen-bond donors (Lipinski definition) is 0. The Labute approximate surface area is 308 Å². The molecule has 0 atom stereocenters. The summed E-state index contributed by atoms with van der Waals surface area (Å²) in [7, 11) is 0. The van der Waals surface area contributed by atoms with E-state index in [2.05, 4.69) is 166 Å². The number of halogens is 1. The van der Waals surface area contributed by atoms with Crippen LogP contribution in [0.25, 0.3) is 75.2 Å². The quantitative estimate of drug-likeness (QED) is 0.174. The van der Waals surface area contributed by atoms with Gasteiger partial charge in [-0.25, -0.2) is 4.39 Å². The van der Waals surface area contributed by atoms with Crippen molar-refractivity contribution in [3.8, 4) is 11.4 Å². The van der Waals surface area contributed by atoms with Crippen LogP contribution < -0.4 is 4.90 Å². The number of thiophene rings is 1. The largest absolute Gasteiger partial charge is 0.309 e. The predicted molar refractivity (Wildman–Crippen MR) is 223 cm³/mol. The molecule has 0 spiro atoms. The van der Waals surface area contributed by atoms with E-state index in [0.29, 0.717) is 0 Å². The molecule has 8 aromatic carbocycles. The number of nitrogens with zero attached hydrogens (tertiary/aromatic N) is 3. The Bertz CT molecular complexity index is 3210. The van der Waals surface area contributed by atoms with Gasteiger partial charge in [-0.15, -0.1) is 11.3 Å². The monoisotopic (exact) mass is 699 g/mol. The van der Waals surface area contributed by atoms with Crippen LogP contribution in [-0.2, 0) is 0 Å². The molecule has 3 heterocycles. The van der Waals surface area contributed by atoms with Crippen molar-refractivity contribution in [1.82, 2.24) is 9.13 Å². The first-order chi connectivity index (χ1) is 26.2. The number of aromatic nitrogens is 2. The van der Waals surface area contributed by atoms with Gasteiger partial charge in [-0.2, -0.15) is 0 Å². The van der Waals surface area contributed by atoms with E-state index in [1.165, 1.54) is 37.0 Å². The van der Waals surface area contributed by atoms with E-state index < -0.39 is 0 Å². The van der Waals surface area contributed by atoms with Crippen LogP contribution in [0.15, 0.2) is 182 Å². The lowest BCUT2D eigenvalue weighted by molar-refractivity contribution is 0.627.